The number of hydrogen-bond donors (Lipinski definition) is 2. The van der Waals surface area contributed by atoms with Gasteiger partial charge in [0.2, 0.25) is 0 Å². The first-order valence-electron chi connectivity index (χ1n) is 11.0. The molecule has 0 bridgehead atoms. The van der Waals surface area contributed by atoms with E-state index in [2.05, 4.69) is 0 Å². The van der Waals surface area contributed by atoms with Crippen LogP contribution in [0.4, 0.5) is 0 Å². The Labute approximate surface area is 176 Å². The molecule has 2 aliphatic rings. The van der Waals surface area contributed by atoms with Gasteiger partial charge in [-0.05, 0) is 24.7 Å². The third kappa shape index (κ3) is 16.1. The van der Waals surface area contributed by atoms with Gasteiger partial charge in [-0.2, -0.15) is 0 Å². The summed E-state index contributed by atoms with van der Waals surface area (Å²) in [4.78, 5) is 20.5. The minimum absolute atomic E-state index is 0. The van der Waals surface area contributed by atoms with Gasteiger partial charge in [0.05, 0.1) is 0 Å². The van der Waals surface area contributed by atoms with Crippen molar-refractivity contribution in [2.45, 2.75) is 116 Å². The van der Waals surface area contributed by atoms with Crippen LogP contribution < -0.4 is 0 Å². The van der Waals surface area contributed by atoms with E-state index < -0.39 is 11.9 Å². The van der Waals surface area contributed by atoms with E-state index in [1.165, 1.54) is 77.0 Å². The molecule has 27 heavy (non-hydrogen) atoms. The van der Waals surface area contributed by atoms with Gasteiger partial charge < -0.3 is 10.2 Å². The zero-order valence-electron chi connectivity index (χ0n) is 16.9. The number of carboxylic acids is 2. The zero-order chi connectivity index (χ0) is 19.0. The number of unbranched alkanes of at least 4 members (excludes halogenated alkanes) is 2. The van der Waals surface area contributed by atoms with Crippen molar-refractivity contribution in [2.75, 3.05) is 0 Å². The normalized spacial score (nSPS) is 18.1. The molecule has 2 N–H and O–H groups in total. The minimum Gasteiger partial charge on any atom is -0.481 e. The Morgan fingerprint density at radius 1 is 0.593 bits per heavy atom. The monoisotopic (exact) mass is 431 g/mol. The summed E-state index contributed by atoms with van der Waals surface area (Å²) in [5.41, 5.74) is 0. The van der Waals surface area contributed by atoms with Crippen molar-refractivity contribution in [3.63, 3.8) is 0 Å². The van der Waals surface area contributed by atoms with Crippen LogP contribution in [0.15, 0.2) is 0 Å². The first kappa shape index (κ1) is 26.5. The molecule has 0 atom stereocenters. The molecule has 4 nitrogen and oxygen atoms in total. The summed E-state index contributed by atoms with van der Waals surface area (Å²) in [5.74, 6) is 0.511. The quantitative estimate of drug-likeness (QED) is 0.309. The predicted octanol–water partition coefficient (Wildman–Crippen LogP) is 6.42. The second-order valence-electron chi connectivity index (χ2n) is 8.29. The van der Waals surface area contributed by atoms with Crippen molar-refractivity contribution in [3.8, 4) is 0 Å². The average Bonchev–Trinajstić information content (AvgIpc) is 2.64. The van der Waals surface area contributed by atoms with Crippen LogP contribution in [-0.4, -0.2) is 22.2 Å². The maximum absolute atomic E-state index is 10.3. The number of hydrogen-bond acceptors (Lipinski definition) is 2. The first-order chi connectivity index (χ1) is 12.6. The summed E-state index contributed by atoms with van der Waals surface area (Å²) >= 11 is 0. The summed E-state index contributed by atoms with van der Waals surface area (Å²) in [6.07, 6.45) is 21.1. The fourth-order valence-corrected chi connectivity index (χ4v) is 4.37. The van der Waals surface area contributed by atoms with E-state index in [1.54, 1.807) is 0 Å². The third-order valence-electron chi connectivity index (χ3n) is 5.96. The molecular formula is C22H40CuO4. The third-order valence-corrected chi connectivity index (χ3v) is 5.96. The SMILES string of the molecule is O=C(O)CCCCC1CCCCC1.O=C(O)CCCCC1CCCCC1.[Cu]. The zero-order valence-corrected chi connectivity index (χ0v) is 17.8. The standard InChI is InChI=1S/2C11H20O2.Cu/c2*12-11(13)9-5-4-8-10-6-2-1-3-7-10;/h2*10H,1-9H2,(H,12,13);. The van der Waals surface area contributed by atoms with Crippen LogP contribution in [-0.2, 0) is 26.7 Å². The Morgan fingerprint density at radius 2 is 0.926 bits per heavy atom. The Bertz CT molecular complexity index is 339. The molecule has 0 saturated heterocycles. The molecule has 0 aromatic heterocycles. The second kappa shape index (κ2) is 17.6. The average molecular weight is 432 g/mol. The van der Waals surface area contributed by atoms with E-state index in [1.807, 2.05) is 0 Å². The molecule has 0 aliphatic heterocycles. The molecule has 0 heterocycles. The maximum atomic E-state index is 10.3. The molecule has 0 spiro atoms. The summed E-state index contributed by atoms with van der Waals surface area (Å²) < 4.78 is 0. The molecule has 2 saturated carbocycles. The van der Waals surface area contributed by atoms with E-state index in [9.17, 15) is 9.59 Å². The van der Waals surface area contributed by atoms with E-state index in [0.717, 1.165) is 37.5 Å². The Morgan fingerprint density at radius 3 is 1.22 bits per heavy atom. The first-order valence-corrected chi connectivity index (χ1v) is 11.0. The molecule has 1 radical (unpaired) electrons. The number of rotatable bonds is 10. The van der Waals surface area contributed by atoms with E-state index in [-0.39, 0.29) is 17.1 Å². The summed E-state index contributed by atoms with van der Waals surface area (Å²) in [5, 5.41) is 16.9. The van der Waals surface area contributed by atoms with Gasteiger partial charge in [-0.3, -0.25) is 9.59 Å². The molecular weight excluding hydrogens is 392 g/mol. The van der Waals surface area contributed by atoms with Crippen LogP contribution in [0.1, 0.15) is 116 Å². The Balaban J connectivity index is 0.000000483. The van der Waals surface area contributed by atoms with Crippen molar-refractivity contribution in [2.24, 2.45) is 11.8 Å². The van der Waals surface area contributed by atoms with Gasteiger partial charge in [0.25, 0.3) is 0 Å². The fourth-order valence-electron chi connectivity index (χ4n) is 4.37. The summed E-state index contributed by atoms with van der Waals surface area (Å²) in [6, 6.07) is 0. The molecule has 2 aliphatic carbocycles. The number of carbonyl (C=O) groups is 2. The molecule has 0 aromatic carbocycles. The van der Waals surface area contributed by atoms with Crippen LogP contribution in [0.2, 0.25) is 0 Å². The Hall–Kier alpha value is -0.541. The molecule has 0 amide bonds. The second-order valence-corrected chi connectivity index (χ2v) is 8.29. The number of aliphatic carboxylic acids is 2. The number of carboxylic acid groups (broad SMARTS) is 2. The van der Waals surface area contributed by atoms with Gasteiger partial charge in [-0.1, -0.05) is 89.9 Å². The van der Waals surface area contributed by atoms with Crippen LogP contribution >= 0.6 is 0 Å². The van der Waals surface area contributed by atoms with Crippen molar-refractivity contribution >= 4 is 11.9 Å². The molecule has 0 unspecified atom stereocenters. The Kier molecular flexibility index (Phi) is 17.2. The van der Waals surface area contributed by atoms with Crippen LogP contribution in [0.25, 0.3) is 0 Å². The molecule has 2 fully saturated rings. The molecule has 163 valence electrons. The van der Waals surface area contributed by atoms with Gasteiger partial charge >= 0.3 is 11.9 Å². The summed E-state index contributed by atoms with van der Waals surface area (Å²) in [7, 11) is 0. The largest absolute Gasteiger partial charge is 0.481 e. The van der Waals surface area contributed by atoms with Crippen molar-refractivity contribution < 1.29 is 36.9 Å². The molecule has 2 rings (SSSR count). The van der Waals surface area contributed by atoms with Crippen LogP contribution in [0, 0.1) is 11.8 Å². The van der Waals surface area contributed by atoms with E-state index in [0.29, 0.717) is 12.8 Å². The fraction of sp³-hybridized carbons (Fsp3) is 0.909. The predicted molar refractivity (Wildman–Crippen MR) is 105 cm³/mol. The van der Waals surface area contributed by atoms with Crippen molar-refractivity contribution in [1.82, 2.24) is 0 Å². The van der Waals surface area contributed by atoms with Crippen molar-refractivity contribution in [1.29, 1.82) is 0 Å². The van der Waals surface area contributed by atoms with Gasteiger partial charge in [0.15, 0.2) is 0 Å². The topological polar surface area (TPSA) is 74.6 Å². The van der Waals surface area contributed by atoms with E-state index in [4.69, 9.17) is 10.2 Å². The molecule has 0 aromatic rings. The smallest absolute Gasteiger partial charge is 0.303 e. The maximum Gasteiger partial charge on any atom is 0.303 e. The van der Waals surface area contributed by atoms with Gasteiger partial charge in [0.1, 0.15) is 0 Å². The van der Waals surface area contributed by atoms with E-state index >= 15 is 0 Å². The molecule has 5 heteroatoms. The van der Waals surface area contributed by atoms with Gasteiger partial charge in [-0.15, -0.1) is 0 Å². The van der Waals surface area contributed by atoms with Gasteiger partial charge in [0, 0.05) is 29.9 Å². The van der Waals surface area contributed by atoms with Gasteiger partial charge in [-0.25, -0.2) is 0 Å². The van der Waals surface area contributed by atoms with Crippen LogP contribution in [0.3, 0.4) is 0 Å². The van der Waals surface area contributed by atoms with Crippen LogP contribution in [0.5, 0.6) is 0 Å². The summed E-state index contributed by atoms with van der Waals surface area (Å²) in [6.45, 7) is 0. The van der Waals surface area contributed by atoms with Crippen molar-refractivity contribution in [3.05, 3.63) is 0 Å². The minimum atomic E-state index is -0.649.